The number of unbranched alkanes of at least 4 members (excludes halogenated alkanes) is 1. The SMILES string of the molecule is CNC(=O)OC/N=C(\C)N(O)CCCC[C@H](N)C(=O)O. The average Bonchev–Trinajstić information content (AvgIpc) is 2.42. The molecule has 1 amide bonds. The van der Waals surface area contributed by atoms with Crippen molar-refractivity contribution in [1.82, 2.24) is 10.4 Å². The number of carbonyl (C=O) groups is 2. The van der Waals surface area contributed by atoms with Crippen molar-refractivity contribution in [2.45, 2.75) is 32.2 Å². The molecule has 9 heteroatoms. The molecule has 0 radical (unpaired) electrons. The summed E-state index contributed by atoms with van der Waals surface area (Å²) in [6, 6.07) is -0.877. The third kappa shape index (κ3) is 8.27. The van der Waals surface area contributed by atoms with Crippen molar-refractivity contribution in [3.05, 3.63) is 0 Å². The molecule has 0 aliphatic rings. The lowest BCUT2D eigenvalue weighted by atomic mass is 10.1. The molecule has 0 aromatic heterocycles. The lowest BCUT2D eigenvalue weighted by molar-refractivity contribution is -0.138. The van der Waals surface area contributed by atoms with Crippen LogP contribution in [0.1, 0.15) is 26.2 Å². The van der Waals surface area contributed by atoms with Crippen molar-refractivity contribution in [1.29, 1.82) is 0 Å². The van der Waals surface area contributed by atoms with E-state index in [2.05, 4.69) is 15.0 Å². The first-order valence-corrected chi connectivity index (χ1v) is 6.18. The fraction of sp³-hybridized carbons (Fsp3) is 0.727. The highest BCUT2D eigenvalue weighted by Gasteiger charge is 2.11. The van der Waals surface area contributed by atoms with Crippen LogP contribution in [0.5, 0.6) is 0 Å². The summed E-state index contributed by atoms with van der Waals surface area (Å²) in [5, 5.41) is 21.4. The van der Waals surface area contributed by atoms with Crippen molar-refractivity contribution in [3.63, 3.8) is 0 Å². The van der Waals surface area contributed by atoms with Gasteiger partial charge in [-0.2, -0.15) is 0 Å². The topological polar surface area (TPSA) is 137 Å². The summed E-state index contributed by atoms with van der Waals surface area (Å²) >= 11 is 0. The Balaban J connectivity index is 3.84. The summed E-state index contributed by atoms with van der Waals surface area (Å²) in [6.45, 7) is 1.67. The van der Waals surface area contributed by atoms with E-state index in [0.29, 0.717) is 31.6 Å². The lowest BCUT2D eigenvalue weighted by Crippen LogP contribution is -2.30. The number of aliphatic carboxylic acids is 1. The highest BCUT2D eigenvalue weighted by atomic mass is 16.6. The summed E-state index contributed by atoms with van der Waals surface area (Å²) in [6.07, 6.45) is 0.889. The number of carbonyl (C=O) groups excluding carboxylic acids is 1. The van der Waals surface area contributed by atoms with Gasteiger partial charge in [0.15, 0.2) is 6.73 Å². The molecule has 20 heavy (non-hydrogen) atoms. The molecule has 0 saturated heterocycles. The molecular weight excluding hydrogens is 268 g/mol. The highest BCUT2D eigenvalue weighted by molar-refractivity contribution is 5.78. The number of hydroxylamine groups is 2. The third-order valence-electron chi connectivity index (χ3n) is 2.52. The zero-order chi connectivity index (χ0) is 15.5. The van der Waals surface area contributed by atoms with Crippen LogP contribution in [0.25, 0.3) is 0 Å². The van der Waals surface area contributed by atoms with Crippen molar-refractivity contribution >= 4 is 17.9 Å². The number of alkyl carbamates (subject to hydrolysis) is 1. The molecule has 0 heterocycles. The molecule has 0 saturated carbocycles. The Hall–Kier alpha value is -1.87. The zero-order valence-corrected chi connectivity index (χ0v) is 11.7. The molecule has 0 rings (SSSR count). The maximum absolute atomic E-state index is 10.8. The zero-order valence-electron chi connectivity index (χ0n) is 11.7. The van der Waals surface area contributed by atoms with E-state index in [1.54, 1.807) is 6.92 Å². The molecule has 9 nitrogen and oxygen atoms in total. The maximum Gasteiger partial charge on any atom is 0.408 e. The van der Waals surface area contributed by atoms with E-state index in [1.807, 2.05) is 0 Å². The van der Waals surface area contributed by atoms with Gasteiger partial charge in [-0.05, 0) is 26.2 Å². The Morgan fingerprint density at radius 1 is 1.45 bits per heavy atom. The van der Waals surface area contributed by atoms with Gasteiger partial charge in [0, 0.05) is 13.6 Å². The number of nitrogens with zero attached hydrogens (tertiary/aromatic N) is 2. The van der Waals surface area contributed by atoms with Crippen molar-refractivity contribution in [2.24, 2.45) is 10.7 Å². The summed E-state index contributed by atoms with van der Waals surface area (Å²) in [5.41, 5.74) is 5.35. The van der Waals surface area contributed by atoms with Crippen molar-refractivity contribution < 1.29 is 24.6 Å². The van der Waals surface area contributed by atoms with E-state index in [0.717, 1.165) is 5.06 Å². The molecule has 116 valence electrons. The number of carboxylic acid groups (broad SMARTS) is 1. The smallest absolute Gasteiger partial charge is 0.408 e. The largest absolute Gasteiger partial charge is 0.480 e. The number of nitrogens with one attached hydrogen (secondary N) is 1. The van der Waals surface area contributed by atoms with Crippen LogP contribution in [0.15, 0.2) is 4.99 Å². The Labute approximate surface area is 117 Å². The van der Waals surface area contributed by atoms with Gasteiger partial charge in [-0.25, -0.2) is 14.9 Å². The van der Waals surface area contributed by atoms with Gasteiger partial charge >= 0.3 is 12.1 Å². The van der Waals surface area contributed by atoms with E-state index in [1.165, 1.54) is 7.05 Å². The summed E-state index contributed by atoms with van der Waals surface area (Å²) in [7, 11) is 1.43. The van der Waals surface area contributed by atoms with E-state index >= 15 is 0 Å². The summed E-state index contributed by atoms with van der Waals surface area (Å²) in [4.78, 5) is 25.1. The first kappa shape index (κ1) is 18.1. The Bertz CT molecular complexity index is 348. The Kier molecular flexibility index (Phi) is 9.05. The number of aliphatic imine (C=N–C) groups is 1. The second-order valence-corrected chi connectivity index (χ2v) is 4.08. The average molecular weight is 290 g/mol. The van der Waals surface area contributed by atoms with Gasteiger partial charge in [-0.3, -0.25) is 10.0 Å². The van der Waals surface area contributed by atoms with Crippen LogP contribution in [0.3, 0.4) is 0 Å². The van der Waals surface area contributed by atoms with Gasteiger partial charge in [-0.15, -0.1) is 0 Å². The van der Waals surface area contributed by atoms with Crippen molar-refractivity contribution in [3.8, 4) is 0 Å². The van der Waals surface area contributed by atoms with Gasteiger partial charge < -0.3 is 20.9 Å². The van der Waals surface area contributed by atoms with Crippen LogP contribution in [0.2, 0.25) is 0 Å². The monoisotopic (exact) mass is 290 g/mol. The fourth-order valence-electron chi connectivity index (χ4n) is 1.25. The van der Waals surface area contributed by atoms with Crippen LogP contribution in [-0.4, -0.2) is 59.6 Å². The first-order chi connectivity index (χ1) is 9.38. The van der Waals surface area contributed by atoms with E-state index in [-0.39, 0.29) is 6.73 Å². The molecule has 0 aliphatic carbocycles. The van der Waals surface area contributed by atoms with E-state index < -0.39 is 18.1 Å². The van der Waals surface area contributed by atoms with Crippen LogP contribution in [0.4, 0.5) is 4.79 Å². The molecule has 1 atom stereocenters. The van der Waals surface area contributed by atoms with Crippen LogP contribution >= 0.6 is 0 Å². The number of hydrogen-bond acceptors (Lipinski definition) is 6. The number of rotatable bonds is 8. The number of amides is 1. The maximum atomic E-state index is 10.8. The first-order valence-electron chi connectivity index (χ1n) is 6.18. The van der Waals surface area contributed by atoms with E-state index in [9.17, 15) is 14.8 Å². The number of nitrogens with two attached hydrogens (primary N) is 1. The Morgan fingerprint density at radius 3 is 2.65 bits per heavy atom. The molecule has 0 aromatic carbocycles. The molecule has 0 bridgehead atoms. The number of amidine groups is 1. The van der Waals surface area contributed by atoms with Crippen molar-refractivity contribution in [2.75, 3.05) is 20.3 Å². The molecule has 0 fully saturated rings. The predicted octanol–water partition coefficient (Wildman–Crippen LogP) is -0.00830. The predicted molar refractivity (Wildman–Crippen MR) is 71.5 cm³/mol. The van der Waals surface area contributed by atoms with Crippen LogP contribution in [0, 0.1) is 0 Å². The molecule has 0 unspecified atom stereocenters. The normalized spacial score (nSPS) is 12.7. The quantitative estimate of drug-likeness (QED) is 0.213. The second-order valence-electron chi connectivity index (χ2n) is 4.08. The lowest BCUT2D eigenvalue weighted by Gasteiger charge is -2.16. The van der Waals surface area contributed by atoms with Crippen LogP contribution < -0.4 is 11.1 Å². The summed E-state index contributed by atoms with van der Waals surface area (Å²) in [5.74, 6) is -0.730. The van der Waals surface area contributed by atoms with E-state index in [4.69, 9.17) is 10.8 Å². The minimum atomic E-state index is -1.03. The Morgan fingerprint density at radius 2 is 2.10 bits per heavy atom. The van der Waals surface area contributed by atoms with Gasteiger partial charge in [0.2, 0.25) is 0 Å². The molecule has 0 spiro atoms. The molecule has 0 aromatic rings. The molecule has 5 N–H and O–H groups in total. The molecular formula is C11H22N4O5. The highest BCUT2D eigenvalue weighted by Crippen LogP contribution is 2.01. The van der Waals surface area contributed by atoms with Crippen LogP contribution in [-0.2, 0) is 9.53 Å². The van der Waals surface area contributed by atoms with Gasteiger partial charge in [-0.1, -0.05) is 0 Å². The number of hydrogen-bond donors (Lipinski definition) is 4. The second kappa shape index (κ2) is 9.98. The van der Waals surface area contributed by atoms with Gasteiger partial charge in [0.25, 0.3) is 0 Å². The summed E-state index contributed by atoms with van der Waals surface area (Å²) < 4.78 is 4.64. The fourth-order valence-corrected chi connectivity index (χ4v) is 1.25. The molecule has 0 aliphatic heterocycles. The standard InChI is InChI=1S/C11H22N4O5/c1-8(14-7-20-11(18)13-2)15(19)6-4-3-5-9(12)10(16)17/h9,19H,3-7,12H2,1-2H3,(H,13,18)(H,16,17)/b14-8+/t9-/m0/s1. The number of ether oxygens (including phenoxy) is 1. The minimum Gasteiger partial charge on any atom is -0.480 e. The van der Waals surface area contributed by atoms with Gasteiger partial charge in [0.05, 0.1) is 0 Å². The third-order valence-corrected chi connectivity index (χ3v) is 2.52. The number of carboxylic acids is 1. The minimum absolute atomic E-state index is 0.188. The van der Waals surface area contributed by atoms with Gasteiger partial charge in [0.1, 0.15) is 11.9 Å².